The molecule has 2 unspecified atom stereocenters. The zero-order valence-corrected chi connectivity index (χ0v) is 14.5. The minimum Gasteiger partial charge on any atom is -0.490 e. The molecule has 0 aliphatic heterocycles. The van der Waals surface area contributed by atoms with Crippen LogP contribution in [0.3, 0.4) is 0 Å². The molecule has 2 atom stereocenters. The van der Waals surface area contributed by atoms with Crippen LogP contribution in [0.5, 0.6) is 5.75 Å². The summed E-state index contributed by atoms with van der Waals surface area (Å²) in [4.78, 5) is 0. The smallest absolute Gasteiger partial charge is 0.150 e. The van der Waals surface area contributed by atoms with E-state index in [1.807, 2.05) is 18.2 Å². The van der Waals surface area contributed by atoms with E-state index in [9.17, 15) is 8.42 Å². The standard InChI is InChI=1S/C14H18BrClO3S/c1-20(17,18)13-4-2-3-12(8-13)19-14-6-5-11(15)7-10(14)9-16/h5-7,12-13H,2-4,8-9H2,1H3. The van der Waals surface area contributed by atoms with Gasteiger partial charge in [-0.3, -0.25) is 0 Å². The lowest BCUT2D eigenvalue weighted by Gasteiger charge is -2.29. The second-order valence-corrected chi connectivity index (χ2v) is 8.75. The fourth-order valence-corrected chi connectivity index (χ4v) is 4.32. The van der Waals surface area contributed by atoms with Gasteiger partial charge in [-0.25, -0.2) is 8.42 Å². The minimum absolute atomic E-state index is 0.0494. The molecule has 0 saturated heterocycles. The summed E-state index contributed by atoms with van der Waals surface area (Å²) in [5.41, 5.74) is 0.919. The van der Waals surface area contributed by atoms with Crippen LogP contribution in [0, 0.1) is 0 Å². The molecule has 0 heterocycles. The van der Waals surface area contributed by atoms with Gasteiger partial charge in [-0.05, 0) is 37.5 Å². The normalized spacial score (nSPS) is 23.6. The van der Waals surface area contributed by atoms with Crippen molar-refractivity contribution in [3.05, 3.63) is 28.2 Å². The van der Waals surface area contributed by atoms with Crippen molar-refractivity contribution in [1.29, 1.82) is 0 Å². The molecule has 0 bridgehead atoms. The summed E-state index contributed by atoms with van der Waals surface area (Å²) in [6, 6.07) is 5.72. The van der Waals surface area contributed by atoms with E-state index in [2.05, 4.69) is 15.9 Å². The Labute approximate surface area is 133 Å². The van der Waals surface area contributed by atoms with Gasteiger partial charge >= 0.3 is 0 Å². The van der Waals surface area contributed by atoms with Gasteiger partial charge in [0.1, 0.15) is 15.6 Å². The van der Waals surface area contributed by atoms with E-state index in [1.165, 1.54) is 6.26 Å². The van der Waals surface area contributed by atoms with Gasteiger partial charge in [-0.15, -0.1) is 11.6 Å². The van der Waals surface area contributed by atoms with Crippen LogP contribution >= 0.6 is 27.5 Å². The third-order valence-corrected chi connectivity index (χ3v) is 6.06. The molecule has 0 spiro atoms. The van der Waals surface area contributed by atoms with E-state index < -0.39 is 9.84 Å². The van der Waals surface area contributed by atoms with Crippen LogP contribution in [0.25, 0.3) is 0 Å². The van der Waals surface area contributed by atoms with E-state index in [-0.39, 0.29) is 11.4 Å². The third kappa shape index (κ3) is 4.12. The first kappa shape index (κ1) is 16.1. The molecule has 1 fully saturated rings. The van der Waals surface area contributed by atoms with Crippen LogP contribution in [-0.2, 0) is 15.7 Å². The third-order valence-electron chi connectivity index (χ3n) is 3.64. The van der Waals surface area contributed by atoms with Crippen LogP contribution in [0.2, 0.25) is 0 Å². The lowest BCUT2D eigenvalue weighted by Crippen LogP contribution is -2.33. The van der Waals surface area contributed by atoms with Crippen LogP contribution in [0.4, 0.5) is 0 Å². The number of rotatable bonds is 4. The maximum Gasteiger partial charge on any atom is 0.150 e. The summed E-state index contributed by atoms with van der Waals surface area (Å²) < 4.78 is 30.3. The molecule has 0 amide bonds. The topological polar surface area (TPSA) is 43.4 Å². The molecular weight excluding hydrogens is 364 g/mol. The number of ether oxygens (including phenoxy) is 1. The Morgan fingerprint density at radius 2 is 2.15 bits per heavy atom. The lowest BCUT2D eigenvalue weighted by molar-refractivity contribution is 0.155. The number of halogens is 2. The molecule has 0 N–H and O–H groups in total. The van der Waals surface area contributed by atoms with Gasteiger partial charge in [0, 0.05) is 22.7 Å². The largest absolute Gasteiger partial charge is 0.490 e. The SMILES string of the molecule is CS(=O)(=O)C1CCCC(Oc2ccc(Br)cc2CCl)C1. The molecule has 1 aromatic rings. The van der Waals surface area contributed by atoms with Gasteiger partial charge in [0.2, 0.25) is 0 Å². The highest BCUT2D eigenvalue weighted by Gasteiger charge is 2.30. The fraction of sp³-hybridized carbons (Fsp3) is 0.571. The van der Waals surface area contributed by atoms with Crippen molar-refractivity contribution in [1.82, 2.24) is 0 Å². The van der Waals surface area contributed by atoms with Gasteiger partial charge < -0.3 is 4.74 Å². The summed E-state index contributed by atoms with van der Waals surface area (Å²) in [5, 5.41) is -0.281. The maximum atomic E-state index is 11.7. The van der Waals surface area contributed by atoms with E-state index >= 15 is 0 Å². The van der Waals surface area contributed by atoms with Crippen LogP contribution in [-0.4, -0.2) is 26.0 Å². The highest BCUT2D eigenvalue weighted by molar-refractivity contribution is 9.10. The minimum atomic E-state index is -2.99. The van der Waals surface area contributed by atoms with Gasteiger partial charge in [0.05, 0.1) is 17.2 Å². The van der Waals surface area contributed by atoms with Crippen molar-refractivity contribution in [2.24, 2.45) is 0 Å². The Morgan fingerprint density at radius 1 is 1.40 bits per heavy atom. The van der Waals surface area contributed by atoms with Gasteiger partial charge in [0.15, 0.2) is 0 Å². The number of benzene rings is 1. The van der Waals surface area contributed by atoms with Crippen molar-refractivity contribution in [3.8, 4) is 5.75 Å². The van der Waals surface area contributed by atoms with Gasteiger partial charge in [-0.2, -0.15) is 0 Å². The first-order valence-corrected chi connectivity index (χ1v) is 9.88. The Morgan fingerprint density at radius 3 is 2.80 bits per heavy atom. The summed E-state index contributed by atoms with van der Waals surface area (Å²) in [6.45, 7) is 0. The molecule has 1 aromatic carbocycles. The lowest BCUT2D eigenvalue weighted by atomic mass is 9.97. The van der Waals surface area contributed by atoms with E-state index in [4.69, 9.17) is 16.3 Å². The number of hydrogen-bond donors (Lipinski definition) is 0. The van der Waals surface area contributed by atoms with Crippen LogP contribution in [0.1, 0.15) is 31.2 Å². The number of hydrogen-bond acceptors (Lipinski definition) is 3. The zero-order valence-electron chi connectivity index (χ0n) is 11.3. The first-order valence-electron chi connectivity index (χ1n) is 6.60. The molecule has 0 radical (unpaired) electrons. The van der Waals surface area contributed by atoms with Crippen LogP contribution < -0.4 is 4.74 Å². The Balaban J connectivity index is 2.10. The quantitative estimate of drug-likeness (QED) is 0.742. The monoisotopic (exact) mass is 380 g/mol. The highest BCUT2D eigenvalue weighted by Crippen LogP contribution is 2.31. The van der Waals surface area contributed by atoms with Crippen molar-refractivity contribution in [2.45, 2.75) is 42.9 Å². The number of alkyl halides is 1. The maximum absolute atomic E-state index is 11.7. The van der Waals surface area contributed by atoms with Crippen molar-refractivity contribution >= 4 is 37.4 Å². The molecule has 20 heavy (non-hydrogen) atoms. The molecule has 6 heteroatoms. The second kappa shape index (κ2) is 6.67. The Bertz CT molecular complexity index is 574. The van der Waals surface area contributed by atoms with Crippen molar-refractivity contribution in [3.63, 3.8) is 0 Å². The van der Waals surface area contributed by atoms with E-state index in [0.717, 1.165) is 35.0 Å². The average Bonchev–Trinajstić information content (AvgIpc) is 2.40. The van der Waals surface area contributed by atoms with Crippen molar-refractivity contribution < 1.29 is 13.2 Å². The summed E-state index contributed by atoms with van der Waals surface area (Å²) in [5.74, 6) is 1.12. The molecule has 1 aliphatic carbocycles. The number of sulfone groups is 1. The van der Waals surface area contributed by atoms with Crippen molar-refractivity contribution in [2.75, 3.05) is 6.26 Å². The van der Waals surface area contributed by atoms with Gasteiger partial charge in [-0.1, -0.05) is 15.9 Å². The molecule has 2 rings (SSSR count). The average molecular weight is 382 g/mol. The molecule has 3 nitrogen and oxygen atoms in total. The molecule has 0 aromatic heterocycles. The Kier molecular flexibility index (Phi) is 5.37. The van der Waals surface area contributed by atoms with E-state index in [1.54, 1.807) is 0 Å². The predicted octanol–water partition coefficient (Wildman–Crippen LogP) is 3.92. The molecule has 1 saturated carbocycles. The molecular formula is C14H18BrClO3S. The van der Waals surface area contributed by atoms with E-state index in [0.29, 0.717) is 12.3 Å². The fourth-order valence-electron chi connectivity index (χ4n) is 2.55. The molecule has 112 valence electrons. The second-order valence-electron chi connectivity index (χ2n) is 5.24. The summed E-state index contributed by atoms with van der Waals surface area (Å²) >= 11 is 9.33. The zero-order chi connectivity index (χ0) is 14.8. The first-order chi connectivity index (χ1) is 9.40. The Hall–Kier alpha value is -0.260. The van der Waals surface area contributed by atoms with Gasteiger partial charge in [0.25, 0.3) is 0 Å². The summed E-state index contributed by atoms with van der Waals surface area (Å²) in [7, 11) is -2.99. The highest BCUT2D eigenvalue weighted by atomic mass is 79.9. The van der Waals surface area contributed by atoms with Crippen LogP contribution in [0.15, 0.2) is 22.7 Å². The predicted molar refractivity (Wildman–Crippen MR) is 85.2 cm³/mol. The summed E-state index contributed by atoms with van der Waals surface area (Å²) in [6.07, 6.45) is 4.34. The molecule has 1 aliphatic rings.